The van der Waals surface area contributed by atoms with E-state index in [4.69, 9.17) is 4.74 Å². The molecule has 1 aliphatic heterocycles. The van der Waals surface area contributed by atoms with Crippen molar-refractivity contribution < 1.29 is 24.2 Å². The highest BCUT2D eigenvalue weighted by molar-refractivity contribution is 6.06. The van der Waals surface area contributed by atoms with Crippen molar-refractivity contribution in [2.75, 3.05) is 10.6 Å². The lowest BCUT2D eigenvalue weighted by Crippen LogP contribution is -2.31. The molecular weight excluding hydrogens is 396 g/mol. The van der Waals surface area contributed by atoms with Gasteiger partial charge in [-0.25, -0.2) is 4.79 Å². The van der Waals surface area contributed by atoms with E-state index >= 15 is 0 Å². The fraction of sp³-hybridized carbons (Fsp3) is 0.125. The smallest absolute Gasteiger partial charge is 0.336 e. The lowest BCUT2D eigenvalue weighted by Gasteiger charge is -2.12. The number of hydrogen-bond acceptors (Lipinski definition) is 4. The van der Waals surface area contributed by atoms with E-state index in [-0.39, 0.29) is 11.5 Å². The second kappa shape index (κ2) is 8.31. The number of carbonyl (C=O) groups is 3. The van der Waals surface area contributed by atoms with Crippen molar-refractivity contribution in [3.05, 3.63) is 89.0 Å². The highest BCUT2D eigenvalue weighted by atomic mass is 16.5. The van der Waals surface area contributed by atoms with Gasteiger partial charge in [-0.05, 0) is 54.4 Å². The molecule has 0 spiro atoms. The fourth-order valence-corrected chi connectivity index (χ4v) is 3.42. The molecule has 0 saturated heterocycles. The molecule has 0 saturated carbocycles. The van der Waals surface area contributed by atoms with Crippen LogP contribution in [-0.4, -0.2) is 29.0 Å². The van der Waals surface area contributed by atoms with E-state index in [9.17, 15) is 19.5 Å². The number of para-hydroxylation sites is 1. The molecule has 31 heavy (non-hydrogen) atoms. The average Bonchev–Trinajstić information content (AvgIpc) is 3.19. The summed E-state index contributed by atoms with van der Waals surface area (Å²) in [5.41, 5.74) is 2.87. The largest absolute Gasteiger partial charge is 0.480 e. The van der Waals surface area contributed by atoms with Crippen molar-refractivity contribution in [1.82, 2.24) is 0 Å². The first kappa shape index (κ1) is 20.2. The highest BCUT2D eigenvalue weighted by Crippen LogP contribution is 2.28. The quantitative estimate of drug-likeness (QED) is 0.585. The van der Waals surface area contributed by atoms with Gasteiger partial charge in [0.15, 0.2) is 6.10 Å². The van der Waals surface area contributed by atoms with Gasteiger partial charge in [0, 0.05) is 23.4 Å². The molecule has 3 aromatic carbocycles. The third kappa shape index (κ3) is 4.40. The monoisotopic (exact) mass is 416 g/mol. The average molecular weight is 416 g/mol. The number of nitrogens with one attached hydrogen (secondary N) is 2. The van der Waals surface area contributed by atoms with Crippen molar-refractivity contribution in [1.29, 1.82) is 0 Å². The second-order valence-electron chi connectivity index (χ2n) is 7.28. The normalized spacial score (nSPS) is 14.3. The summed E-state index contributed by atoms with van der Waals surface area (Å²) in [4.78, 5) is 36.5. The molecule has 7 heteroatoms. The molecule has 1 aliphatic rings. The molecule has 0 aromatic heterocycles. The van der Waals surface area contributed by atoms with Crippen LogP contribution in [0.2, 0.25) is 0 Å². The number of benzene rings is 3. The lowest BCUT2D eigenvalue weighted by atomic mass is 10.1. The minimum Gasteiger partial charge on any atom is -0.480 e. The summed E-state index contributed by atoms with van der Waals surface area (Å²) in [7, 11) is 0. The molecule has 0 fully saturated rings. The Bertz CT molecular complexity index is 1160. The van der Waals surface area contributed by atoms with Crippen molar-refractivity contribution in [3.8, 4) is 5.75 Å². The lowest BCUT2D eigenvalue weighted by molar-refractivity contribution is -0.122. The zero-order valence-corrected chi connectivity index (χ0v) is 16.7. The Labute approximate surface area is 178 Å². The first-order valence-corrected chi connectivity index (χ1v) is 9.71. The summed E-state index contributed by atoms with van der Waals surface area (Å²) < 4.78 is 5.70. The number of aryl methyl sites for hydroxylation is 1. The number of carboxylic acids is 1. The van der Waals surface area contributed by atoms with Gasteiger partial charge < -0.3 is 20.5 Å². The molecule has 2 amide bonds. The number of aromatic carboxylic acids is 1. The van der Waals surface area contributed by atoms with Crippen LogP contribution in [0, 0.1) is 6.92 Å². The van der Waals surface area contributed by atoms with Gasteiger partial charge in [-0.2, -0.15) is 0 Å². The van der Waals surface area contributed by atoms with Crippen LogP contribution in [0.1, 0.15) is 31.8 Å². The zero-order valence-electron chi connectivity index (χ0n) is 16.7. The van der Waals surface area contributed by atoms with Crippen LogP contribution in [0.15, 0.2) is 66.7 Å². The summed E-state index contributed by atoms with van der Waals surface area (Å²) in [5, 5.41) is 14.7. The van der Waals surface area contributed by atoms with E-state index in [0.717, 1.165) is 5.56 Å². The topological polar surface area (TPSA) is 105 Å². The highest BCUT2D eigenvalue weighted by Gasteiger charge is 2.28. The van der Waals surface area contributed by atoms with Crippen molar-refractivity contribution in [2.24, 2.45) is 0 Å². The van der Waals surface area contributed by atoms with E-state index in [1.54, 1.807) is 43.3 Å². The molecule has 0 radical (unpaired) electrons. The Balaban J connectivity index is 1.44. The Kier molecular flexibility index (Phi) is 5.41. The van der Waals surface area contributed by atoms with Crippen LogP contribution in [0.25, 0.3) is 0 Å². The molecule has 156 valence electrons. The molecule has 7 nitrogen and oxygen atoms in total. The van der Waals surface area contributed by atoms with Gasteiger partial charge in [0.2, 0.25) is 0 Å². The van der Waals surface area contributed by atoms with Crippen LogP contribution in [0.5, 0.6) is 5.75 Å². The van der Waals surface area contributed by atoms with Crippen LogP contribution in [0.3, 0.4) is 0 Å². The maximum atomic E-state index is 12.6. The zero-order chi connectivity index (χ0) is 22.0. The first-order valence-electron chi connectivity index (χ1n) is 9.71. The van der Waals surface area contributed by atoms with Crippen molar-refractivity contribution >= 4 is 29.2 Å². The van der Waals surface area contributed by atoms with Gasteiger partial charge in [-0.1, -0.05) is 30.3 Å². The van der Waals surface area contributed by atoms with E-state index in [1.165, 1.54) is 6.07 Å². The van der Waals surface area contributed by atoms with Gasteiger partial charge in [0.1, 0.15) is 5.75 Å². The minimum absolute atomic E-state index is 0.122. The fourth-order valence-electron chi connectivity index (χ4n) is 3.42. The van der Waals surface area contributed by atoms with Crippen LogP contribution >= 0.6 is 0 Å². The molecule has 3 aromatic rings. The third-order valence-corrected chi connectivity index (χ3v) is 5.06. The molecule has 4 rings (SSSR count). The van der Waals surface area contributed by atoms with Crippen molar-refractivity contribution in [2.45, 2.75) is 19.4 Å². The second-order valence-corrected chi connectivity index (χ2v) is 7.28. The molecule has 1 unspecified atom stereocenters. The van der Waals surface area contributed by atoms with Gasteiger partial charge in [-0.15, -0.1) is 0 Å². The molecule has 1 heterocycles. The predicted molar refractivity (Wildman–Crippen MR) is 116 cm³/mol. The Morgan fingerprint density at radius 3 is 2.48 bits per heavy atom. The Morgan fingerprint density at radius 2 is 1.71 bits per heavy atom. The number of ether oxygens (including phenoxy) is 1. The maximum Gasteiger partial charge on any atom is 0.336 e. The number of carbonyl (C=O) groups excluding carboxylic acids is 2. The maximum absolute atomic E-state index is 12.6. The number of amides is 2. The van der Waals surface area contributed by atoms with E-state index in [0.29, 0.717) is 34.7 Å². The van der Waals surface area contributed by atoms with Gasteiger partial charge in [-0.3, -0.25) is 9.59 Å². The number of anilines is 2. The molecular formula is C24H20N2O5. The number of hydrogen-bond donors (Lipinski definition) is 3. The van der Waals surface area contributed by atoms with E-state index in [2.05, 4.69) is 10.6 Å². The van der Waals surface area contributed by atoms with Crippen LogP contribution in [-0.2, 0) is 11.2 Å². The van der Waals surface area contributed by atoms with Crippen LogP contribution in [0.4, 0.5) is 11.4 Å². The molecule has 0 aliphatic carbocycles. The van der Waals surface area contributed by atoms with Gasteiger partial charge in [0.25, 0.3) is 11.8 Å². The summed E-state index contributed by atoms with van der Waals surface area (Å²) >= 11 is 0. The first-order chi connectivity index (χ1) is 14.9. The molecule has 3 N–H and O–H groups in total. The number of carboxylic acid groups (broad SMARTS) is 1. The molecule has 1 atom stereocenters. The van der Waals surface area contributed by atoms with E-state index in [1.807, 2.05) is 24.3 Å². The summed E-state index contributed by atoms with van der Waals surface area (Å²) in [5.74, 6) is -1.07. The van der Waals surface area contributed by atoms with Gasteiger partial charge >= 0.3 is 5.97 Å². The number of fused-ring (bicyclic) bond motifs is 1. The van der Waals surface area contributed by atoms with E-state index < -0.39 is 18.0 Å². The SMILES string of the molecule is Cc1ccc(NC(=O)c2cccc(NC(=O)C3Cc4ccccc4O3)c2)cc1C(=O)O. The third-order valence-electron chi connectivity index (χ3n) is 5.06. The standard InChI is InChI=1S/C24H20N2O5/c1-14-9-10-18(13-19(14)24(29)30)25-22(27)16-6-4-7-17(11-16)26-23(28)21-12-15-5-2-3-8-20(15)31-21/h2-11,13,21H,12H2,1H3,(H,25,27)(H,26,28)(H,29,30). The Morgan fingerprint density at radius 1 is 0.935 bits per heavy atom. The number of rotatable bonds is 5. The van der Waals surface area contributed by atoms with Crippen molar-refractivity contribution in [3.63, 3.8) is 0 Å². The molecule has 0 bridgehead atoms. The minimum atomic E-state index is -1.06. The van der Waals surface area contributed by atoms with Gasteiger partial charge in [0.05, 0.1) is 5.56 Å². The summed E-state index contributed by atoms with van der Waals surface area (Å²) in [6, 6.07) is 18.7. The van der Waals surface area contributed by atoms with Crippen LogP contribution < -0.4 is 15.4 Å². The summed E-state index contributed by atoms with van der Waals surface area (Å²) in [6.07, 6.45) is -0.140. The Hall–Kier alpha value is -4.13. The predicted octanol–water partition coefficient (Wildman–Crippen LogP) is 3.89. The summed E-state index contributed by atoms with van der Waals surface area (Å²) in [6.45, 7) is 1.69.